The van der Waals surface area contributed by atoms with Crippen LogP contribution in [-0.2, 0) is 0 Å². The molecule has 3 aromatic carbocycles. The molecule has 0 saturated carbocycles. The van der Waals surface area contributed by atoms with Crippen molar-refractivity contribution in [2.45, 2.75) is 6.10 Å². The van der Waals surface area contributed by atoms with Crippen molar-refractivity contribution in [3.05, 3.63) is 71.8 Å². The summed E-state index contributed by atoms with van der Waals surface area (Å²) in [4.78, 5) is 0. The molecule has 2 N–H and O–H groups in total. The first-order valence-corrected chi connectivity index (χ1v) is 7.88. The van der Waals surface area contributed by atoms with Gasteiger partial charge in [0.25, 0.3) is 0 Å². The Balaban J connectivity index is 1.57. The SMILES string of the molecule is OC(CNc1cccc(Cl)c1)COc1cccc2ccccc12. The lowest BCUT2D eigenvalue weighted by Gasteiger charge is -2.15. The fourth-order valence-corrected chi connectivity index (χ4v) is 2.59. The Kier molecular flexibility index (Phi) is 5.01. The van der Waals surface area contributed by atoms with Crippen molar-refractivity contribution in [3.8, 4) is 5.75 Å². The van der Waals surface area contributed by atoms with Gasteiger partial charge in [-0.15, -0.1) is 0 Å². The maximum absolute atomic E-state index is 10.1. The third kappa shape index (κ3) is 4.15. The number of rotatable bonds is 6. The first-order valence-electron chi connectivity index (χ1n) is 7.50. The van der Waals surface area contributed by atoms with Gasteiger partial charge in [0.05, 0.1) is 0 Å². The number of benzene rings is 3. The Morgan fingerprint density at radius 2 is 1.78 bits per heavy atom. The van der Waals surface area contributed by atoms with Crippen LogP contribution in [0.15, 0.2) is 66.7 Å². The Bertz CT molecular complexity index is 786. The zero-order valence-corrected chi connectivity index (χ0v) is 13.3. The van der Waals surface area contributed by atoms with Crippen molar-refractivity contribution in [1.29, 1.82) is 0 Å². The molecule has 3 aromatic rings. The van der Waals surface area contributed by atoms with E-state index in [-0.39, 0.29) is 6.61 Å². The molecule has 0 spiro atoms. The van der Waals surface area contributed by atoms with Crippen molar-refractivity contribution in [1.82, 2.24) is 0 Å². The summed E-state index contributed by atoms with van der Waals surface area (Å²) in [5.41, 5.74) is 0.877. The van der Waals surface area contributed by atoms with E-state index in [0.717, 1.165) is 22.2 Å². The van der Waals surface area contributed by atoms with Gasteiger partial charge in [-0.1, -0.05) is 54.1 Å². The van der Waals surface area contributed by atoms with Crippen LogP contribution in [0.2, 0.25) is 5.02 Å². The predicted octanol–water partition coefficient (Wildman–Crippen LogP) is 4.35. The van der Waals surface area contributed by atoms with Crippen molar-refractivity contribution in [2.75, 3.05) is 18.5 Å². The normalized spacial score (nSPS) is 12.1. The molecule has 4 heteroatoms. The number of hydrogen-bond donors (Lipinski definition) is 2. The summed E-state index contributed by atoms with van der Waals surface area (Å²) in [5, 5.41) is 16.1. The summed E-state index contributed by atoms with van der Waals surface area (Å²) in [6, 6.07) is 21.3. The quantitative estimate of drug-likeness (QED) is 0.707. The average molecular weight is 328 g/mol. The lowest BCUT2D eigenvalue weighted by molar-refractivity contribution is 0.118. The van der Waals surface area contributed by atoms with Gasteiger partial charge in [0.15, 0.2) is 0 Å². The van der Waals surface area contributed by atoms with Crippen LogP contribution in [0.3, 0.4) is 0 Å². The highest BCUT2D eigenvalue weighted by Gasteiger charge is 2.07. The summed E-state index contributed by atoms with van der Waals surface area (Å²) in [6.45, 7) is 0.618. The van der Waals surface area contributed by atoms with Gasteiger partial charge in [-0.05, 0) is 29.7 Å². The number of nitrogens with one attached hydrogen (secondary N) is 1. The summed E-state index contributed by atoms with van der Waals surface area (Å²) in [6.07, 6.45) is -0.618. The van der Waals surface area contributed by atoms with Gasteiger partial charge in [0, 0.05) is 22.6 Å². The Labute approximate surface area is 140 Å². The second-order valence-electron chi connectivity index (χ2n) is 5.33. The molecule has 0 bridgehead atoms. The zero-order chi connectivity index (χ0) is 16.1. The lowest BCUT2D eigenvalue weighted by Crippen LogP contribution is -2.26. The van der Waals surface area contributed by atoms with Gasteiger partial charge in [-0.25, -0.2) is 0 Å². The number of ether oxygens (including phenoxy) is 1. The van der Waals surface area contributed by atoms with E-state index in [4.69, 9.17) is 16.3 Å². The summed E-state index contributed by atoms with van der Waals surface area (Å²) >= 11 is 5.93. The Morgan fingerprint density at radius 1 is 1.00 bits per heavy atom. The van der Waals surface area contributed by atoms with E-state index in [0.29, 0.717) is 11.6 Å². The third-order valence-corrected chi connectivity index (χ3v) is 3.78. The maximum atomic E-state index is 10.1. The number of anilines is 1. The molecular weight excluding hydrogens is 310 g/mol. The number of aliphatic hydroxyl groups excluding tert-OH is 1. The van der Waals surface area contributed by atoms with Gasteiger partial charge >= 0.3 is 0 Å². The Morgan fingerprint density at radius 3 is 2.65 bits per heavy atom. The van der Waals surface area contributed by atoms with Gasteiger partial charge in [-0.3, -0.25) is 0 Å². The molecule has 0 amide bonds. The van der Waals surface area contributed by atoms with E-state index in [1.807, 2.05) is 66.7 Å². The van der Waals surface area contributed by atoms with Crippen LogP contribution in [0, 0.1) is 0 Å². The van der Waals surface area contributed by atoms with Crippen LogP contribution in [0.4, 0.5) is 5.69 Å². The molecule has 3 rings (SSSR count). The van der Waals surface area contributed by atoms with E-state index in [1.54, 1.807) is 0 Å². The summed E-state index contributed by atoms with van der Waals surface area (Å²) < 4.78 is 5.78. The van der Waals surface area contributed by atoms with E-state index in [1.165, 1.54) is 0 Å². The fraction of sp³-hybridized carbons (Fsp3) is 0.158. The molecule has 1 atom stereocenters. The number of hydrogen-bond acceptors (Lipinski definition) is 3. The molecular formula is C19H18ClNO2. The molecule has 0 aliphatic rings. The van der Waals surface area contributed by atoms with E-state index >= 15 is 0 Å². The second kappa shape index (κ2) is 7.36. The Hall–Kier alpha value is -2.23. The first-order chi connectivity index (χ1) is 11.2. The highest BCUT2D eigenvalue weighted by Crippen LogP contribution is 2.25. The minimum Gasteiger partial charge on any atom is -0.490 e. The van der Waals surface area contributed by atoms with Crippen LogP contribution in [0.1, 0.15) is 0 Å². The van der Waals surface area contributed by atoms with Crippen molar-refractivity contribution >= 4 is 28.1 Å². The monoisotopic (exact) mass is 327 g/mol. The topological polar surface area (TPSA) is 41.5 Å². The van der Waals surface area contributed by atoms with Gasteiger partial charge < -0.3 is 15.2 Å². The van der Waals surface area contributed by atoms with Gasteiger partial charge in [-0.2, -0.15) is 0 Å². The van der Waals surface area contributed by atoms with Crippen molar-refractivity contribution in [2.24, 2.45) is 0 Å². The number of aliphatic hydroxyl groups is 1. The molecule has 3 nitrogen and oxygen atoms in total. The molecule has 118 valence electrons. The fourth-order valence-electron chi connectivity index (χ4n) is 2.40. The molecule has 0 aliphatic heterocycles. The molecule has 0 saturated heterocycles. The molecule has 0 heterocycles. The average Bonchev–Trinajstić information content (AvgIpc) is 2.58. The molecule has 0 radical (unpaired) electrons. The molecule has 0 fully saturated rings. The van der Waals surface area contributed by atoms with Crippen LogP contribution in [0.25, 0.3) is 10.8 Å². The lowest BCUT2D eigenvalue weighted by atomic mass is 10.1. The highest BCUT2D eigenvalue weighted by atomic mass is 35.5. The molecule has 1 unspecified atom stereocenters. The van der Waals surface area contributed by atoms with E-state index in [9.17, 15) is 5.11 Å². The maximum Gasteiger partial charge on any atom is 0.127 e. The minimum atomic E-state index is -0.618. The molecule has 0 aromatic heterocycles. The van der Waals surface area contributed by atoms with Crippen LogP contribution >= 0.6 is 11.6 Å². The zero-order valence-electron chi connectivity index (χ0n) is 12.6. The first kappa shape index (κ1) is 15.7. The van der Waals surface area contributed by atoms with Crippen LogP contribution in [0.5, 0.6) is 5.75 Å². The molecule has 23 heavy (non-hydrogen) atoms. The third-order valence-electron chi connectivity index (χ3n) is 3.55. The number of fused-ring (bicyclic) bond motifs is 1. The van der Waals surface area contributed by atoms with E-state index < -0.39 is 6.10 Å². The largest absolute Gasteiger partial charge is 0.490 e. The molecule has 0 aliphatic carbocycles. The standard InChI is InChI=1S/C19H18ClNO2/c20-15-7-4-8-16(11-15)21-12-17(22)13-23-19-10-3-6-14-5-1-2-9-18(14)19/h1-11,17,21-22H,12-13H2. The van der Waals surface area contributed by atoms with Gasteiger partial charge in [0.1, 0.15) is 18.5 Å². The predicted molar refractivity (Wildman–Crippen MR) is 95.4 cm³/mol. The smallest absolute Gasteiger partial charge is 0.127 e. The summed E-state index contributed by atoms with van der Waals surface area (Å²) in [7, 11) is 0. The van der Waals surface area contributed by atoms with Gasteiger partial charge in [0.2, 0.25) is 0 Å². The van der Waals surface area contributed by atoms with Crippen molar-refractivity contribution in [3.63, 3.8) is 0 Å². The van der Waals surface area contributed by atoms with E-state index in [2.05, 4.69) is 5.32 Å². The minimum absolute atomic E-state index is 0.224. The van der Waals surface area contributed by atoms with Crippen LogP contribution in [-0.4, -0.2) is 24.4 Å². The van der Waals surface area contributed by atoms with Crippen molar-refractivity contribution < 1.29 is 9.84 Å². The highest BCUT2D eigenvalue weighted by molar-refractivity contribution is 6.30. The van der Waals surface area contributed by atoms with Crippen LogP contribution < -0.4 is 10.1 Å². The number of halogens is 1. The second-order valence-corrected chi connectivity index (χ2v) is 5.77. The summed E-state index contributed by atoms with van der Waals surface area (Å²) in [5.74, 6) is 0.782.